The summed E-state index contributed by atoms with van der Waals surface area (Å²) in [6.07, 6.45) is 1.91. The highest BCUT2D eigenvalue weighted by Gasteiger charge is 2.37. The van der Waals surface area contributed by atoms with Gasteiger partial charge in [-0.15, -0.1) is 0 Å². The molecule has 2 saturated heterocycles. The molecular formula is C19H24N2O4. The van der Waals surface area contributed by atoms with Crippen LogP contribution in [-0.2, 0) is 20.9 Å². The van der Waals surface area contributed by atoms with Crippen LogP contribution in [0.4, 0.5) is 0 Å². The highest BCUT2D eigenvalue weighted by atomic mass is 16.4. The number of carboxylic acids is 1. The topological polar surface area (TPSA) is 77.9 Å². The van der Waals surface area contributed by atoms with Crippen LogP contribution in [0.25, 0.3) is 0 Å². The fourth-order valence-corrected chi connectivity index (χ4v) is 3.76. The number of likely N-dealkylation sites (tertiary alicyclic amines) is 2. The minimum absolute atomic E-state index is 0.0305. The van der Waals surface area contributed by atoms with Crippen molar-refractivity contribution in [1.82, 2.24) is 9.80 Å². The Morgan fingerprint density at radius 1 is 1.12 bits per heavy atom. The van der Waals surface area contributed by atoms with Crippen LogP contribution in [0, 0.1) is 11.8 Å². The molecule has 1 N–H and O–H groups in total. The largest absolute Gasteiger partial charge is 0.481 e. The predicted octanol–water partition coefficient (Wildman–Crippen LogP) is 1.75. The van der Waals surface area contributed by atoms with Crippen LogP contribution in [0.15, 0.2) is 30.3 Å². The van der Waals surface area contributed by atoms with Gasteiger partial charge in [0.25, 0.3) is 0 Å². The lowest BCUT2D eigenvalue weighted by Gasteiger charge is -2.33. The van der Waals surface area contributed by atoms with E-state index in [1.807, 2.05) is 35.2 Å². The zero-order valence-corrected chi connectivity index (χ0v) is 14.3. The Hall–Kier alpha value is -2.37. The molecule has 1 atom stereocenters. The molecular weight excluding hydrogens is 320 g/mol. The normalized spacial score (nSPS) is 21.6. The number of benzene rings is 1. The van der Waals surface area contributed by atoms with Crippen molar-refractivity contribution in [2.75, 3.05) is 19.6 Å². The summed E-state index contributed by atoms with van der Waals surface area (Å²) in [5.74, 6) is -0.822. The first-order valence-corrected chi connectivity index (χ1v) is 8.85. The number of aliphatic carboxylic acids is 1. The van der Waals surface area contributed by atoms with E-state index >= 15 is 0 Å². The summed E-state index contributed by atoms with van der Waals surface area (Å²) in [6, 6.07) is 9.79. The van der Waals surface area contributed by atoms with Gasteiger partial charge in [-0.3, -0.25) is 14.4 Å². The predicted molar refractivity (Wildman–Crippen MR) is 91.5 cm³/mol. The van der Waals surface area contributed by atoms with Crippen LogP contribution in [0.2, 0.25) is 0 Å². The van der Waals surface area contributed by atoms with Gasteiger partial charge in [0.2, 0.25) is 11.8 Å². The monoisotopic (exact) mass is 344 g/mol. The first-order chi connectivity index (χ1) is 12.0. The molecule has 25 heavy (non-hydrogen) atoms. The van der Waals surface area contributed by atoms with Gasteiger partial charge in [0, 0.05) is 39.0 Å². The fraction of sp³-hybridized carbons (Fsp3) is 0.526. The minimum atomic E-state index is -0.775. The van der Waals surface area contributed by atoms with Gasteiger partial charge >= 0.3 is 5.97 Å². The van der Waals surface area contributed by atoms with Gasteiger partial charge in [-0.25, -0.2) is 0 Å². The third-order valence-corrected chi connectivity index (χ3v) is 5.17. The van der Waals surface area contributed by atoms with Crippen molar-refractivity contribution in [3.05, 3.63) is 35.9 Å². The lowest BCUT2D eigenvalue weighted by atomic mass is 9.92. The van der Waals surface area contributed by atoms with Crippen LogP contribution in [0.1, 0.15) is 31.2 Å². The zero-order chi connectivity index (χ0) is 17.8. The third-order valence-electron chi connectivity index (χ3n) is 5.17. The van der Waals surface area contributed by atoms with Gasteiger partial charge in [-0.05, 0) is 24.3 Å². The van der Waals surface area contributed by atoms with Crippen molar-refractivity contribution in [1.29, 1.82) is 0 Å². The van der Waals surface area contributed by atoms with E-state index in [1.165, 1.54) is 0 Å². The number of rotatable bonds is 5. The van der Waals surface area contributed by atoms with Crippen LogP contribution >= 0.6 is 0 Å². The van der Waals surface area contributed by atoms with Gasteiger partial charge in [0.15, 0.2) is 0 Å². The Labute approximate surface area is 147 Å². The first-order valence-electron chi connectivity index (χ1n) is 8.85. The van der Waals surface area contributed by atoms with Crippen LogP contribution in [0.5, 0.6) is 0 Å². The fourth-order valence-electron chi connectivity index (χ4n) is 3.76. The SMILES string of the molecule is O=C(O)CC1CCN(C(=O)C2CC(=O)N(Cc3ccccc3)C2)CC1. The van der Waals surface area contributed by atoms with Gasteiger partial charge in [0.05, 0.1) is 5.92 Å². The van der Waals surface area contributed by atoms with Crippen LogP contribution in [0.3, 0.4) is 0 Å². The Morgan fingerprint density at radius 3 is 2.44 bits per heavy atom. The van der Waals surface area contributed by atoms with E-state index in [0.717, 1.165) is 18.4 Å². The molecule has 0 aromatic heterocycles. The van der Waals surface area contributed by atoms with Gasteiger partial charge < -0.3 is 14.9 Å². The van der Waals surface area contributed by atoms with E-state index in [2.05, 4.69) is 0 Å². The molecule has 2 amide bonds. The van der Waals surface area contributed by atoms with E-state index in [9.17, 15) is 14.4 Å². The molecule has 134 valence electrons. The van der Waals surface area contributed by atoms with Crippen molar-refractivity contribution < 1.29 is 19.5 Å². The average molecular weight is 344 g/mol. The summed E-state index contributed by atoms with van der Waals surface area (Å²) in [5.41, 5.74) is 1.07. The van der Waals surface area contributed by atoms with Crippen LogP contribution < -0.4 is 0 Å². The molecule has 2 aliphatic rings. The van der Waals surface area contributed by atoms with Gasteiger partial charge in [0.1, 0.15) is 0 Å². The maximum atomic E-state index is 12.7. The molecule has 6 nitrogen and oxygen atoms in total. The second-order valence-corrected chi connectivity index (χ2v) is 7.03. The number of amides is 2. The number of hydrogen-bond acceptors (Lipinski definition) is 3. The number of carbonyl (C=O) groups excluding carboxylic acids is 2. The Kier molecular flexibility index (Phi) is 5.36. The maximum Gasteiger partial charge on any atom is 0.303 e. The quantitative estimate of drug-likeness (QED) is 0.883. The van der Waals surface area contributed by atoms with E-state index in [-0.39, 0.29) is 36.5 Å². The molecule has 1 aromatic carbocycles. The van der Waals surface area contributed by atoms with Crippen molar-refractivity contribution in [3.8, 4) is 0 Å². The average Bonchev–Trinajstić information content (AvgIpc) is 2.96. The molecule has 0 aliphatic carbocycles. The maximum absolute atomic E-state index is 12.7. The molecule has 2 aliphatic heterocycles. The molecule has 6 heteroatoms. The van der Waals surface area contributed by atoms with Gasteiger partial charge in [-0.1, -0.05) is 30.3 Å². The van der Waals surface area contributed by atoms with E-state index in [1.54, 1.807) is 4.90 Å². The molecule has 0 radical (unpaired) electrons. The van der Waals surface area contributed by atoms with Crippen molar-refractivity contribution >= 4 is 17.8 Å². The molecule has 1 aromatic rings. The van der Waals surface area contributed by atoms with E-state index < -0.39 is 5.97 Å². The summed E-state index contributed by atoms with van der Waals surface area (Å²) < 4.78 is 0. The van der Waals surface area contributed by atoms with Gasteiger partial charge in [-0.2, -0.15) is 0 Å². The minimum Gasteiger partial charge on any atom is -0.481 e. The summed E-state index contributed by atoms with van der Waals surface area (Å²) in [6.45, 7) is 2.21. The van der Waals surface area contributed by atoms with E-state index in [0.29, 0.717) is 26.2 Å². The van der Waals surface area contributed by atoms with Crippen LogP contribution in [-0.4, -0.2) is 52.3 Å². The van der Waals surface area contributed by atoms with E-state index in [4.69, 9.17) is 5.11 Å². The second-order valence-electron chi connectivity index (χ2n) is 7.03. The summed E-state index contributed by atoms with van der Waals surface area (Å²) >= 11 is 0. The molecule has 2 fully saturated rings. The molecule has 1 unspecified atom stereocenters. The van der Waals surface area contributed by atoms with Crippen molar-refractivity contribution in [2.45, 2.75) is 32.2 Å². The standard InChI is InChI=1S/C19H24N2O4/c22-17-11-16(13-21(17)12-15-4-2-1-3-5-15)19(25)20-8-6-14(7-9-20)10-18(23)24/h1-5,14,16H,6-13H2,(H,23,24). The molecule has 0 saturated carbocycles. The lowest BCUT2D eigenvalue weighted by molar-refractivity contribution is -0.139. The number of hydrogen-bond donors (Lipinski definition) is 1. The third kappa shape index (κ3) is 4.38. The number of piperidine rings is 1. The molecule has 0 bridgehead atoms. The first kappa shape index (κ1) is 17.5. The number of carbonyl (C=O) groups is 3. The Morgan fingerprint density at radius 2 is 1.80 bits per heavy atom. The second kappa shape index (κ2) is 7.68. The highest BCUT2D eigenvalue weighted by molar-refractivity contribution is 5.89. The number of carboxylic acid groups (broad SMARTS) is 1. The molecule has 0 spiro atoms. The lowest BCUT2D eigenvalue weighted by Crippen LogP contribution is -2.42. The zero-order valence-electron chi connectivity index (χ0n) is 14.3. The summed E-state index contributed by atoms with van der Waals surface area (Å²) in [4.78, 5) is 39.3. The van der Waals surface area contributed by atoms with Crippen molar-refractivity contribution in [3.63, 3.8) is 0 Å². The highest BCUT2D eigenvalue weighted by Crippen LogP contribution is 2.26. The molecule has 2 heterocycles. The molecule has 3 rings (SSSR count). The summed E-state index contributed by atoms with van der Waals surface area (Å²) in [5, 5.41) is 8.87. The number of nitrogens with zero attached hydrogens (tertiary/aromatic N) is 2. The van der Waals surface area contributed by atoms with Crippen molar-refractivity contribution in [2.24, 2.45) is 11.8 Å². The Bertz CT molecular complexity index is 638. The smallest absolute Gasteiger partial charge is 0.303 e. The summed E-state index contributed by atoms with van der Waals surface area (Å²) in [7, 11) is 0. The Balaban J connectivity index is 1.52.